The molecule has 0 aliphatic carbocycles. The number of guanidine groups is 1. The fraction of sp³-hybridized carbons (Fsp3) is 0.562. The monoisotopic (exact) mass is 403 g/mol. The van der Waals surface area contributed by atoms with Gasteiger partial charge in [0.15, 0.2) is 5.96 Å². The van der Waals surface area contributed by atoms with Gasteiger partial charge in [-0.05, 0) is 62.8 Å². The number of aryl methyl sites for hydroxylation is 2. The lowest BCUT2D eigenvalue weighted by atomic mass is 10.1. The number of rotatable bonds is 4. The van der Waals surface area contributed by atoms with Gasteiger partial charge in [-0.3, -0.25) is 4.99 Å². The maximum atomic E-state index is 5.91. The number of nitrogens with zero attached hydrogens (tertiary/aromatic N) is 1. The van der Waals surface area contributed by atoms with Crippen molar-refractivity contribution < 1.29 is 4.74 Å². The fourth-order valence-corrected chi connectivity index (χ4v) is 2.37. The van der Waals surface area contributed by atoms with Crippen LogP contribution in [0.25, 0.3) is 0 Å². The number of nitrogens with two attached hydrogens (primary N) is 1. The minimum atomic E-state index is 0. The second kappa shape index (κ2) is 9.25. The van der Waals surface area contributed by atoms with Crippen LogP contribution in [-0.4, -0.2) is 25.2 Å². The van der Waals surface area contributed by atoms with Crippen molar-refractivity contribution in [2.75, 3.05) is 18.5 Å². The van der Waals surface area contributed by atoms with E-state index in [0.29, 0.717) is 18.6 Å². The molecule has 1 atom stereocenters. The standard InChI is InChI=1S/C16H25N3O.HI/c1-12-6-7-14(11-13(12)2)19-16(17)18-9-8-15-5-3-4-10-20-15;/h6-7,11,15H,3-5,8-10H2,1-2H3,(H3,17,18,19);1H. The van der Waals surface area contributed by atoms with Gasteiger partial charge in [0.1, 0.15) is 0 Å². The van der Waals surface area contributed by atoms with Crippen molar-refractivity contribution in [3.63, 3.8) is 0 Å². The molecule has 1 aliphatic rings. The summed E-state index contributed by atoms with van der Waals surface area (Å²) in [5.74, 6) is 0.476. The first-order chi connectivity index (χ1) is 9.65. The summed E-state index contributed by atoms with van der Waals surface area (Å²) in [6.07, 6.45) is 4.93. The summed E-state index contributed by atoms with van der Waals surface area (Å²) in [4.78, 5) is 4.37. The smallest absolute Gasteiger partial charge is 0.193 e. The van der Waals surface area contributed by atoms with E-state index in [0.717, 1.165) is 25.1 Å². The van der Waals surface area contributed by atoms with Gasteiger partial charge < -0.3 is 15.8 Å². The summed E-state index contributed by atoms with van der Waals surface area (Å²) >= 11 is 0. The molecule has 1 saturated heterocycles. The average molecular weight is 403 g/mol. The molecule has 1 heterocycles. The summed E-state index contributed by atoms with van der Waals surface area (Å²) in [7, 11) is 0. The van der Waals surface area contributed by atoms with Gasteiger partial charge in [0.25, 0.3) is 0 Å². The highest BCUT2D eigenvalue weighted by molar-refractivity contribution is 14.0. The van der Waals surface area contributed by atoms with Gasteiger partial charge in [-0.2, -0.15) is 0 Å². The third kappa shape index (κ3) is 6.22. The lowest BCUT2D eigenvalue weighted by Crippen LogP contribution is -2.24. The zero-order chi connectivity index (χ0) is 14.4. The number of ether oxygens (including phenoxy) is 1. The summed E-state index contributed by atoms with van der Waals surface area (Å²) in [6, 6.07) is 6.19. The van der Waals surface area contributed by atoms with Crippen LogP contribution in [0, 0.1) is 13.8 Å². The largest absolute Gasteiger partial charge is 0.378 e. The predicted molar refractivity (Wildman–Crippen MR) is 99.7 cm³/mol. The summed E-state index contributed by atoms with van der Waals surface area (Å²) < 4.78 is 5.68. The molecule has 21 heavy (non-hydrogen) atoms. The second-order valence-electron chi connectivity index (χ2n) is 5.47. The van der Waals surface area contributed by atoms with Gasteiger partial charge >= 0.3 is 0 Å². The van der Waals surface area contributed by atoms with Crippen LogP contribution in [0.1, 0.15) is 36.8 Å². The summed E-state index contributed by atoms with van der Waals surface area (Å²) in [5.41, 5.74) is 9.42. The summed E-state index contributed by atoms with van der Waals surface area (Å²) in [5, 5.41) is 3.13. The van der Waals surface area contributed by atoms with Crippen molar-refractivity contribution in [2.24, 2.45) is 10.7 Å². The van der Waals surface area contributed by atoms with Gasteiger partial charge in [-0.25, -0.2) is 0 Å². The molecule has 0 bridgehead atoms. The van der Waals surface area contributed by atoms with E-state index in [-0.39, 0.29) is 24.0 Å². The second-order valence-corrected chi connectivity index (χ2v) is 5.47. The van der Waals surface area contributed by atoms with Gasteiger partial charge in [-0.15, -0.1) is 24.0 Å². The highest BCUT2D eigenvalue weighted by Gasteiger charge is 2.12. The molecular weight excluding hydrogens is 377 g/mol. The third-order valence-corrected chi connectivity index (χ3v) is 3.79. The first-order valence-corrected chi connectivity index (χ1v) is 7.41. The van der Waals surface area contributed by atoms with Crippen molar-refractivity contribution in [1.29, 1.82) is 0 Å². The first-order valence-electron chi connectivity index (χ1n) is 7.41. The molecule has 1 aromatic carbocycles. The molecule has 0 spiro atoms. The number of anilines is 1. The Labute approximate surface area is 144 Å². The molecule has 1 aliphatic heterocycles. The Bertz CT molecular complexity index is 471. The van der Waals surface area contributed by atoms with E-state index in [1.807, 2.05) is 6.07 Å². The molecular formula is C16H26IN3O. The maximum Gasteiger partial charge on any atom is 0.193 e. The van der Waals surface area contributed by atoms with Crippen molar-refractivity contribution in [3.05, 3.63) is 29.3 Å². The molecule has 4 nitrogen and oxygen atoms in total. The van der Waals surface area contributed by atoms with Crippen LogP contribution in [0.5, 0.6) is 0 Å². The molecule has 1 unspecified atom stereocenters. The fourth-order valence-electron chi connectivity index (χ4n) is 2.37. The number of hydrogen-bond donors (Lipinski definition) is 2. The third-order valence-electron chi connectivity index (χ3n) is 3.79. The Morgan fingerprint density at radius 2 is 2.14 bits per heavy atom. The average Bonchev–Trinajstić information content (AvgIpc) is 2.44. The zero-order valence-corrected chi connectivity index (χ0v) is 15.2. The Balaban J connectivity index is 0.00000220. The zero-order valence-electron chi connectivity index (χ0n) is 12.9. The van der Waals surface area contributed by atoms with Crippen molar-refractivity contribution >= 4 is 35.6 Å². The Kier molecular flexibility index (Phi) is 8.03. The molecule has 0 radical (unpaired) electrons. The van der Waals surface area contributed by atoms with Crippen LogP contribution in [0.15, 0.2) is 23.2 Å². The number of hydrogen-bond acceptors (Lipinski definition) is 2. The molecule has 0 amide bonds. The maximum absolute atomic E-state index is 5.91. The van der Waals surface area contributed by atoms with Gasteiger partial charge in [0, 0.05) is 18.8 Å². The van der Waals surface area contributed by atoms with E-state index in [1.54, 1.807) is 0 Å². The lowest BCUT2D eigenvalue weighted by molar-refractivity contribution is 0.0129. The van der Waals surface area contributed by atoms with Gasteiger partial charge in [0.2, 0.25) is 0 Å². The van der Waals surface area contributed by atoms with E-state index in [1.165, 1.54) is 24.0 Å². The molecule has 3 N–H and O–H groups in total. The van der Waals surface area contributed by atoms with E-state index >= 15 is 0 Å². The van der Waals surface area contributed by atoms with Crippen LogP contribution in [0.2, 0.25) is 0 Å². The Morgan fingerprint density at radius 1 is 1.33 bits per heavy atom. The van der Waals surface area contributed by atoms with E-state index in [2.05, 4.69) is 36.3 Å². The number of nitrogens with one attached hydrogen (secondary N) is 1. The topological polar surface area (TPSA) is 59.6 Å². The Hall–Kier alpha value is -0.820. The molecule has 0 aromatic heterocycles. The molecule has 118 valence electrons. The van der Waals surface area contributed by atoms with Crippen LogP contribution < -0.4 is 11.1 Å². The molecule has 1 aromatic rings. The highest BCUT2D eigenvalue weighted by atomic mass is 127. The summed E-state index contributed by atoms with van der Waals surface area (Å²) in [6.45, 7) is 5.80. The van der Waals surface area contributed by atoms with E-state index in [4.69, 9.17) is 10.5 Å². The van der Waals surface area contributed by atoms with Crippen molar-refractivity contribution in [3.8, 4) is 0 Å². The number of aliphatic imine (C=N–C) groups is 1. The van der Waals surface area contributed by atoms with E-state index < -0.39 is 0 Å². The van der Waals surface area contributed by atoms with Gasteiger partial charge in [-0.1, -0.05) is 6.07 Å². The number of benzene rings is 1. The van der Waals surface area contributed by atoms with Crippen LogP contribution >= 0.6 is 24.0 Å². The SMILES string of the molecule is Cc1ccc(NC(N)=NCCC2CCCCO2)cc1C.I. The van der Waals surface area contributed by atoms with Crippen LogP contribution in [0.4, 0.5) is 5.69 Å². The minimum Gasteiger partial charge on any atom is -0.378 e. The quantitative estimate of drug-likeness (QED) is 0.459. The predicted octanol–water partition coefficient (Wildman–Crippen LogP) is 3.61. The highest BCUT2D eigenvalue weighted by Crippen LogP contribution is 2.16. The normalized spacial score (nSPS) is 19.0. The molecule has 1 fully saturated rings. The molecule has 5 heteroatoms. The van der Waals surface area contributed by atoms with Crippen LogP contribution in [0.3, 0.4) is 0 Å². The molecule has 0 saturated carbocycles. The lowest BCUT2D eigenvalue weighted by Gasteiger charge is -2.21. The van der Waals surface area contributed by atoms with Crippen molar-refractivity contribution in [1.82, 2.24) is 0 Å². The first kappa shape index (κ1) is 18.2. The Morgan fingerprint density at radius 3 is 2.81 bits per heavy atom. The molecule has 2 rings (SSSR count). The van der Waals surface area contributed by atoms with Gasteiger partial charge in [0.05, 0.1) is 6.10 Å². The number of halogens is 1. The minimum absolute atomic E-state index is 0. The van der Waals surface area contributed by atoms with Crippen molar-refractivity contribution in [2.45, 2.75) is 45.6 Å². The van der Waals surface area contributed by atoms with E-state index in [9.17, 15) is 0 Å². The van der Waals surface area contributed by atoms with Crippen LogP contribution in [-0.2, 0) is 4.74 Å².